The van der Waals surface area contributed by atoms with Crippen LogP contribution in [0.3, 0.4) is 0 Å². The van der Waals surface area contributed by atoms with Gasteiger partial charge in [0.25, 0.3) is 0 Å². The third-order valence-corrected chi connectivity index (χ3v) is 5.48. The van der Waals surface area contributed by atoms with E-state index < -0.39 is 9.84 Å². The lowest BCUT2D eigenvalue weighted by atomic mass is 10.0. The van der Waals surface area contributed by atoms with Crippen LogP contribution in [-0.2, 0) is 9.84 Å². The number of piperidine rings is 1. The second-order valence-corrected chi connectivity index (χ2v) is 7.01. The average Bonchev–Trinajstić information content (AvgIpc) is 2.47. The molecule has 1 aromatic rings. The zero-order valence-corrected chi connectivity index (χ0v) is 12.7. The van der Waals surface area contributed by atoms with Crippen LogP contribution in [0, 0.1) is 5.92 Å². The lowest BCUT2D eigenvalue weighted by Gasteiger charge is -2.22. The Kier molecular flexibility index (Phi) is 4.88. The minimum Gasteiger partial charge on any atom is -0.497 e. The lowest BCUT2D eigenvalue weighted by Crippen LogP contribution is -2.33. The van der Waals surface area contributed by atoms with Crippen molar-refractivity contribution in [3.63, 3.8) is 0 Å². The zero-order chi connectivity index (χ0) is 14.6. The Balaban J connectivity index is 2.24. The predicted molar refractivity (Wildman–Crippen MR) is 77.2 cm³/mol. The molecule has 1 atom stereocenters. The van der Waals surface area contributed by atoms with Gasteiger partial charge in [0.2, 0.25) is 0 Å². The Bertz CT molecular complexity index is 550. The fourth-order valence-electron chi connectivity index (χ4n) is 2.50. The zero-order valence-electron chi connectivity index (χ0n) is 11.9. The summed E-state index contributed by atoms with van der Waals surface area (Å²) in [5, 5.41) is 3.24. The van der Waals surface area contributed by atoms with Crippen LogP contribution >= 0.6 is 0 Å². The van der Waals surface area contributed by atoms with Crippen molar-refractivity contribution >= 4 is 9.84 Å². The molecule has 0 spiro atoms. The topological polar surface area (TPSA) is 64.6 Å². The normalized spacial score (nSPS) is 19.6. The van der Waals surface area contributed by atoms with Crippen molar-refractivity contribution in [1.82, 2.24) is 5.32 Å². The van der Waals surface area contributed by atoms with Crippen molar-refractivity contribution in [2.75, 3.05) is 33.1 Å². The molecule has 20 heavy (non-hydrogen) atoms. The third kappa shape index (κ3) is 3.43. The van der Waals surface area contributed by atoms with E-state index in [1.165, 1.54) is 14.2 Å². The number of methoxy groups -OCH3 is 2. The van der Waals surface area contributed by atoms with Gasteiger partial charge in [-0.3, -0.25) is 0 Å². The van der Waals surface area contributed by atoms with E-state index in [-0.39, 0.29) is 16.6 Å². The van der Waals surface area contributed by atoms with E-state index in [1.54, 1.807) is 18.2 Å². The molecule has 5 nitrogen and oxygen atoms in total. The van der Waals surface area contributed by atoms with Gasteiger partial charge < -0.3 is 14.8 Å². The molecule has 112 valence electrons. The molecular weight excluding hydrogens is 278 g/mol. The van der Waals surface area contributed by atoms with E-state index in [2.05, 4.69) is 5.32 Å². The van der Waals surface area contributed by atoms with Crippen LogP contribution in [0.15, 0.2) is 23.1 Å². The van der Waals surface area contributed by atoms with Crippen LogP contribution in [0.2, 0.25) is 0 Å². The van der Waals surface area contributed by atoms with E-state index in [0.29, 0.717) is 11.5 Å². The summed E-state index contributed by atoms with van der Waals surface area (Å²) >= 11 is 0. The Morgan fingerprint density at radius 2 is 2.10 bits per heavy atom. The van der Waals surface area contributed by atoms with Crippen LogP contribution in [0.4, 0.5) is 0 Å². The Morgan fingerprint density at radius 1 is 1.30 bits per heavy atom. The monoisotopic (exact) mass is 299 g/mol. The second-order valence-electron chi connectivity index (χ2n) is 5.01. The highest BCUT2D eigenvalue weighted by Gasteiger charge is 2.25. The van der Waals surface area contributed by atoms with Gasteiger partial charge >= 0.3 is 0 Å². The molecule has 0 radical (unpaired) electrons. The third-order valence-electron chi connectivity index (χ3n) is 3.56. The van der Waals surface area contributed by atoms with Crippen LogP contribution in [0.25, 0.3) is 0 Å². The van der Waals surface area contributed by atoms with Gasteiger partial charge in [-0.2, -0.15) is 0 Å². The Labute approximate surface area is 120 Å². The van der Waals surface area contributed by atoms with Gasteiger partial charge in [0.15, 0.2) is 9.84 Å². The summed E-state index contributed by atoms with van der Waals surface area (Å²) in [5.41, 5.74) is 0. The number of hydrogen-bond donors (Lipinski definition) is 1. The van der Waals surface area contributed by atoms with E-state index in [1.807, 2.05) is 0 Å². The molecule has 1 heterocycles. The standard InChI is InChI=1S/C14H21NO4S/c1-18-12-5-6-14(13(8-12)19-2)20(16,17)10-11-4-3-7-15-9-11/h5-6,8,11,15H,3-4,7,9-10H2,1-2H3. The largest absolute Gasteiger partial charge is 0.497 e. The molecule has 0 aliphatic carbocycles. The van der Waals surface area contributed by atoms with Crippen molar-refractivity contribution in [2.45, 2.75) is 17.7 Å². The first-order valence-electron chi connectivity index (χ1n) is 6.72. The first-order chi connectivity index (χ1) is 9.56. The Hall–Kier alpha value is -1.27. The summed E-state index contributed by atoms with van der Waals surface area (Å²) in [4.78, 5) is 0.242. The number of ether oxygens (including phenoxy) is 2. The highest BCUT2D eigenvalue weighted by atomic mass is 32.2. The smallest absolute Gasteiger partial charge is 0.182 e. The van der Waals surface area contributed by atoms with Gasteiger partial charge in [-0.05, 0) is 44.0 Å². The van der Waals surface area contributed by atoms with Crippen molar-refractivity contribution in [3.8, 4) is 11.5 Å². The molecule has 0 saturated carbocycles. The molecule has 6 heteroatoms. The fourth-order valence-corrected chi connectivity index (χ4v) is 4.31. The summed E-state index contributed by atoms with van der Waals surface area (Å²) in [7, 11) is -0.342. The van der Waals surface area contributed by atoms with Crippen molar-refractivity contribution in [3.05, 3.63) is 18.2 Å². The number of rotatable bonds is 5. The molecule has 1 N–H and O–H groups in total. The summed E-state index contributed by atoms with van der Waals surface area (Å²) < 4.78 is 35.3. The van der Waals surface area contributed by atoms with Gasteiger partial charge in [0, 0.05) is 6.07 Å². The number of benzene rings is 1. The summed E-state index contributed by atoms with van der Waals surface area (Å²) in [6.07, 6.45) is 1.98. The van der Waals surface area contributed by atoms with Gasteiger partial charge in [0.05, 0.1) is 20.0 Å². The lowest BCUT2D eigenvalue weighted by molar-refractivity contribution is 0.384. The van der Waals surface area contributed by atoms with Crippen molar-refractivity contribution < 1.29 is 17.9 Å². The predicted octanol–water partition coefficient (Wildman–Crippen LogP) is 1.48. The van der Waals surface area contributed by atoms with Gasteiger partial charge in [-0.1, -0.05) is 0 Å². The molecular formula is C14H21NO4S. The van der Waals surface area contributed by atoms with E-state index >= 15 is 0 Å². The highest BCUT2D eigenvalue weighted by Crippen LogP contribution is 2.30. The summed E-state index contributed by atoms with van der Waals surface area (Å²) in [5.74, 6) is 1.25. The van der Waals surface area contributed by atoms with Crippen LogP contribution in [-0.4, -0.2) is 41.5 Å². The van der Waals surface area contributed by atoms with E-state index in [4.69, 9.17) is 9.47 Å². The molecule has 1 fully saturated rings. The minimum atomic E-state index is -3.35. The van der Waals surface area contributed by atoms with Gasteiger partial charge in [-0.15, -0.1) is 0 Å². The van der Waals surface area contributed by atoms with E-state index in [0.717, 1.165) is 25.9 Å². The summed E-state index contributed by atoms with van der Waals surface area (Å²) in [6, 6.07) is 4.81. The first kappa shape index (κ1) is 15.1. The Morgan fingerprint density at radius 3 is 2.70 bits per heavy atom. The minimum absolute atomic E-state index is 0.155. The van der Waals surface area contributed by atoms with Gasteiger partial charge in [-0.25, -0.2) is 8.42 Å². The maximum atomic E-state index is 12.5. The summed E-state index contributed by atoms with van der Waals surface area (Å²) in [6.45, 7) is 1.74. The quantitative estimate of drug-likeness (QED) is 0.892. The van der Waals surface area contributed by atoms with Crippen molar-refractivity contribution in [1.29, 1.82) is 0 Å². The number of hydrogen-bond acceptors (Lipinski definition) is 5. The fraction of sp³-hybridized carbons (Fsp3) is 0.571. The number of sulfone groups is 1. The maximum absolute atomic E-state index is 12.5. The SMILES string of the molecule is COc1ccc(S(=O)(=O)CC2CCCNC2)c(OC)c1. The van der Waals surface area contributed by atoms with Crippen LogP contribution in [0.5, 0.6) is 11.5 Å². The first-order valence-corrected chi connectivity index (χ1v) is 8.37. The number of nitrogens with one attached hydrogen (secondary N) is 1. The molecule has 1 aliphatic rings. The van der Waals surface area contributed by atoms with Crippen LogP contribution < -0.4 is 14.8 Å². The van der Waals surface area contributed by atoms with Crippen molar-refractivity contribution in [2.24, 2.45) is 5.92 Å². The molecule has 0 aromatic heterocycles. The molecule has 0 amide bonds. The molecule has 1 saturated heterocycles. The molecule has 1 aliphatic heterocycles. The van der Waals surface area contributed by atoms with E-state index in [9.17, 15) is 8.42 Å². The second kappa shape index (κ2) is 6.45. The molecule has 1 unspecified atom stereocenters. The van der Waals surface area contributed by atoms with Crippen LogP contribution in [0.1, 0.15) is 12.8 Å². The molecule has 1 aromatic carbocycles. The highest BCUT2D eigenvalue weighted by molar-refractivity contribution is 7.91. The average molecular weight is 299 g/mol. The molecule has 2 rings (SSSR count). The molecule has 0 bridgehead atoms. The van der Waals surface area contributed by atoms with Gasteiger partial charge in [0.1, 0.15) is 16.4 Å². The maximum Gasteiger partial charge on any atom is 0.182 e.